The molecule has 1 aromatic heterocycles. The van der Waals surface area contributed by atoms with Crippen LogP contribution in [0.3, 0.4) is 0 Å². The molecule has 5 nitrogen and oxygen atoms in total. The molecule has 1 aromatic carbocycles. The Labute approximate surface area is 152 Å². The van der Waals surface area contributed by atoms with Gasteiger partial charge in [0.2, 0.25) is 0 Å². The molecule has 0 radical (unpaired) electrons. The number of aryl methyl sites for hydroxylation is 2. The Kier molecular flexibility index (Phi) is 6.06. The van der Waals surface area contributed by atoms with Crippen LogP contribution in [0.25, 0.3) is 0 Å². The molecule has 2 N–H and O–H groups in total. The van der Waals surface area contributed by atoms with Crippen LogP contribution in [0.5, 0.6) is 0 Å². The number of H-pyrrole nitrogens is 1. The molecule has 0 saturated carbocycles. The number of nitrogens with one attached hydrogen (secondary N) is 2. The molecule has 0 aliphatic carbocycles. The number of carbonyl (C=O) groups is 1. The Morgan fingerprint density at radius 2 is 1.84 bits per heavy atom. The van der Waals surface area contributed by atoms with Crippen molar-refractivity contribution in [3.63, 3.8) is 0 Å². The van der Waals surface area contributed by atoms with Gasteiger partial charge in [0, 0.05) is 22.6 Å². The van der Waals surface area contributed by atoms with Crippen LogP contribution in [-0.2, 0) is 5.41 Å². The van der Waals surface area contributed by atoms with Crippen LogP contribution in [0.4, 0.5) is 0 Å². The maximum absolute atomic E-state index is 12.3. The van der Waals surface area contributed by atoms with Gasteiger partial charge in [-0.3, -0.25) is 9.59 Å². The quantitative estimate of drug-likeness (QED) is 0.635. The average molecular weight is 359 g/mol. The topological polar surface area (TPSA) is 74.8 Å². The van der Waals surface area contributed by atoms with Crippen molar-refractivity contribution in [1.82, 2.24) is 15.3 Å². The van der Waals surface area contributed by atoms with E-state index >= 15 is 0 Å². The number of benzene rings is 1. The molecule has 1 amide bonds. The summed E-state index contributed by atoms with van der Waals surface area (Å²) in [5, 5.41) is 2.80. The molecule has 0 bridgehead atoms. The number of nitrogens with zero attached hydrogens (tertiary/aromatic N) is 1. The van der Waals surface area contributed by atoms with Crippen LogP contribution in [0, 0.1) is 13.8 Å². The fourth-order valence-electron chi connectivity index (χ4n) is 2.26. The van der Waals surface area contributed by atoms with Crippen LogP contribution in [0.15, 0.2) is 34.0 Å². The van der Waals surface area contributed by atoms with Crippen molar-refractivity contribution in [2.45, 2.75) is 44.9 Å². The molecular formula is C19H25N3O2S. The van der Waals surface area contributed by atoms with E-state index in [0.29, 0.717) is 18.1 Å². The van der Waals surface area contributed by atoms with E-state index in [2.05, 4.69) is 39.6 Å². The Morgan fingerprint density at radius 1 is 1.20 bits per heavy atom. The highest BCUT2D eigenvalue weighted by molar-refractivity contribution is 7.99. The standard InChI is InChI=1S/C19H25N3O2S/c1-12-6-8-14(9-7-12)25-11-10-20-16(23)15-13(2)21-18(19(3,4)5)22-17(15)24/h6-9H,10-11H2,1-5H3,(H,20,23)(H,21,22,24). The Bertz CT molecular complexity index is 805. The summed E-state index contributed by atoms with van der Waals surface area (Å²) in [4.78, 5) is 32.9. The minimum atomic E-state index is -0.388. The minimum Gasteiger partial charge on any atom is -0.351 e. The first-order valence-electron chi connectivity index (χ1n) is 8.27. The molecular weight excluding hydrogens is 334 g/mol. The van der Waals surface area contributed by atoms with Gasteiger partial charge in [0.15, 0.2) is 0 Å². The monoisotopic (exact) mass is 359 g/mol. The second-order valence-corrected chi connectivity index (χ2v) is 8.21. The van der Waals surface area contributed by atoms with Crippen molar-refractivity contribution >= 4 is 17.7 Å². The van der Waals surface area contributed by atoms with Crippen molar-refractivity contribution in [1.29, 1.82) is 0 Å². The molecule has 134 valence electrons. The SMILES string of the molecule is Cc1ccc(SCCNC(=O)c2c(C)nc(C(C)(C)C)[nH]c2=O)cc1. The summed E-state index contributed by atoms with van der Waals surface area (Å²) in [7, 11) is 0. The summed E-state index contributed by atoms with van der Waals surface area (Å²) in [6.07, 6.45) is 0. The van der Waals surface area contributed by atoms with Crippen LogP contribution in [-0.4, -0.2) is 28.2 Å². The first-order chi connectivity index (χ1) is 11.7. The van der Waals surface area contributed by atoms with Gasteiger partial charge >= 0.3 is 0 Å². The number of aromatic amines is 1. The molecule has 2 rings (SSSR count). The lowest BCUT2D eigenvalue weighted by atomic mass is 9.95. The third-order valence-electron chi connectivity index (χ3n) is 3.72. The number of thioether (sulfide) groups is 1. The van der Waals surface area contributed by atoms with Crippen LogP contribution < -0.4 is 10.9 Å². The number of carbonyl (C=O) groups excluding carboxylic acids is 1. The zero-order chi connectivity index (χ0) is 18.6. The molecule has 25 heavy (non-hydrogen) atoms. The van der Waals surface area contributed by atoms with Crippen molar-refractivity contribution in [3.8, 4) is 0 Å². The lowest BCUT2D eigenvalue weighted by Crippen LogP contribution is -2.34. The third kappa shape index (κ3) is 5.19. The molecule has 0 fully saturated rings. The van der Waals surface area contributed by atoms with Gasteiger partial charge in [0.25, 0.3) is 11.5 Å². The summed E-state index contributed by atoms with van der Waals surface area (Å²) in [6, 6.07) is 8.25. The van der Waals surface area contributed by atoms with E-state index in [-0.39, 0.29) is 22.4 Å². The van der Waals surface area contributed by atoms with Crippen LogP contribution >= 0.6 is 11.8 Å². The van der Waals surface area contributed by atoms with E-state index in [9.17, 15) is 9.59 Å². The largest absolute Gasteiger partial charge is 0.351 e. The van der Waals surface area contributed by atoms with E-state index in [4.69, 9.17) is 0 Å². The summed E-state index contributed by atoms with van der Waals surface area (Å²) < 4.78 is 0. The smallest absolute Gasteiger partial charge is 0.264 e. The summed E-state index contributed by atoms with van der Waals surface area (Å²) >= 11 is 1.66. The van der Waals surface area contributed by atoms with Gasteiger partial charge in [-0.2, -0.15) is 0 Å². The van der Waals surface area contributed by atoms with Gasteiger partial charge in [0.1, 0.15) is 11.4 Å². The average Bonchev–Trinajstić information content (AvgIpc) is 2.51. The molecule has 0 aliphatic heterocycles. The van der Waals surface area contributed by atoms with Crippen molar-refractivity contribution in [2.75, 3.05) is 12.3 Å². The van der Waals surface area contributed by atoms with E-state index in [1.54, 1.807) is 18.7 Å². The van der Waals surface area contributed by atoms with Gasteiger partial charge < -0.3 is 10.3 Å². The maximum Gasteiger partial charge on any atom is 0.264 e. The Morgan fingerprint density at radius 3 is 2.40 bits per heavy atom. The fourth-order valence-corrected chi connectivity index (χ4v) is 3.03. The number of hydrogen-bond donors (Lipinski definition) is 2. The summed E-state index contributed by atoms with van der Waals surface area (Å²) in [5.74, 6) is 0.942. The highest BCUT2D eigenvalue weighted by atomic mass is 32.2. The van der Waals surface area contributed by atoms with Crippen LogP contribution in [0.2, 0.25) is 0 Å². The van der Waals surface area contributed by atoms with Gasteiger partial charge in [0.05, 0.1) is 5.69 Å². The van der Waals surface area contributed by atoms with E-state index < -0.39 is 0 Å². The van der Waals surface area contributed by atoms with E-state index in [0.717, 1.165) is 10.6 Å². The molecule has 0 atom stereocenters. The van der Waals surface area contributed by atoms with Gasteiger partial charge in [-0.15, -0.1) is 11.8 Å². The predicted octanol–water partition coefficient (Wildman–Crippen LogP) is 3.21. The predicted molar refractivity (Wildman–Crippen MR) is 103 cm³/mol. The Balaban J connectivity index is 1.97. The number of aromatic nitrogens is 2. The van der Waals surface area contributed by atoms with Crippen LogP contribution in [0.1, 0.15) is 48.2 Å². The molecule has 6 heteroatoms. The second-order valence-electron chi connectivity index (χ2n) is 7.04. The Hall–Kier alpha value is -2.08. The molecule has 1 heterocycles. The number of rotatable bonds is 5. The normalized spacial score (nSPS) is 11.4. The maximum atomic E-state index is 12.3. The first-order valence-corrected chi connectivity index (χ1v) is 9.26. The van der Waals surface area contributed by atoms with Gasteiger partial charge in [-0.1, -0.05) is 38.5 Å². The fraction of sp³-hybridized carbons (Fsp3) is 0.421. The van der Waals surface area contributed by atoms with Gasteiger partial charge in [-0.25, -0.2) is 4.98 Å². The highest BCUT2D eigenvalue weighted by Crippen LogP contribution is 2.18. The van der Waals surface area contributed by atoms with Crippen molar-refractivity contribution < 1.29 is 4.79 Å². The number of hydrogen-bond acceptors (Lipinski definition) is 4. The van der Waals surface area contributed by atoms with E-state index in [1.807, 2.05) is 27.7 Å². The molecule has 2 aromatic rings. The van der Waals surface area contributed by atoms with Gasteiger partial charge in [-0.05, 0) is 26.0 Å². The molecule has 0 aliphatic rings. The zero-order valence-corrected chi connectivity index (χ0v) is 16.2. The lowest BCUT2D eigenvalue weighted by Gasteiger charge is -2.18. The summed E-state index contributed by atoms with van der Waals surface area (Å²) in [6.45, 7) is 10.1. The first kappa shape index (κ1) is 19.2. The number of amides is 1. The zero-order valence-electron chi connectivity index (χ0n) is 15.4. The second kappa shape index (κ2) is 7.87. The van der Waals surface area contributed by atoms with Crippen molar-refractivity contribution in [3.05, 3.63) is 57.3 Å². The molecule has 0 saturated heterocycles. The summed E-state index contributed by atoms with van der Waals surface area (Å²) in [5.41, 5.74) is 1.11. The molecule has 0 unspecified atom stereocenters. The minimum absolute atomic E-state index is 0.0911. The third-order valence-corrected chi connectivity index (χ3v) is 4.73. The molecule has 0 spiro atoms. The highest BCUT2D eigenvalue weighted by Gasteiger charge is 2.21. The van der Waals surface area contributed by atoms with E-state index in [1.165, 1.54) is 5.56 Å². The van der Waals surface area contributed by atoms with Crippen molar-refractivity contribution in [2.24, 2.45) is 0 Å². The lowest BCUT2D eigenvalue weighted by molar-refractivity contribution is 0.0953.